The molecule has 0 bridgehead atoms. The second kappa shape index (κ2) is 3.65. The Labute approximate surface area is 88.8 Å². The maximum Gasteiger partial charge on any atom is 0.157 e. The van der Waals surface area contributed by atoms with E-state index in [4.69, 9.17) is 5.41 Å². The lowest BCUT2D eigenvalue weighted by atomic mass is 10.1. The minimum Gasteiger partial charge on any atom is -0.351 e. The summed E-state index contributed by atoms with van der Waals surface area (Å²) in [5.74, 6) is 0. The van der Waals surface area contributed by atoms with Gasteiger partial charge in [-0.15, -0.1) is 0 Å². The van der Waals surface area contributed by atoms with Crippen LogP contribution in [0.25, 0.3) is 0 Å². The monoisotopic (exact) mass is 206 g/mol. The number of likely N-dealkylation sites (N-methyl/N-ethyl adjacent to an activating group) is 1. The molecule has 0 spiro atoms. The third-order valence-corrected chi connectivity index (χ3v) is 4.17. The van der Waals surface area contributed by atoms with Crippen molar-refractivity contribution in [2.45, 2.75) is 18.2 Å². The molecule has 1 aromatic carbocycles. The fourth-order valence-corrected chi connectivity index (χ4v) is 2.92. The van der Waals surface area contributed by atoms with E-state index in [1.165, 1.54) is 5.56 Å². The molecule has 74 valence electrons. The lowest BCUT2D eigenvalue weighted by Crippen LogP contribution is -2.27. The second-order valence-electron chi connectivity index (χ2n) is 3.61. The molecule has 1 fully saturated rings. The Morgan fingerprint density at radius 2 is 1.93 bits per heavy atom. The number of nitrogens with one attached hydrogen (secondary N) is 1. The molecule has 1 aliphatic heterocycles. The molecule has 1 N–H and O–H groups in total. The predicted molar refractivity (Wildman–Crippen MR) is 61.7 cm³/mol. The minimum atomic E-state index is 0.411. The number of amidine groups is 1. The SMILES string of the molecule is C[C@@H]1C(c2ccccc2)SC(=N)N1C. The summed E-state index contributed by atoms with van der Waals surface area (Å²) in [7, 11) is 1.99. The van der Waals surface area contributed by atoms with Crippen LogP contribution in [-0.4, -0.2) is 23.2 Å². The average Bonchev–Trinajstić information content (AvgIpc) is 2.47. The van der Waals surface area contributed by atoms with Gasteiger partial charge in [-0.05, 0) is 12.5 Å². The van der Waals surface area contributed by atoms with Gasteiger partial charge in [0.15, 0.2) is 5.17 Å². The Kier molecular flexibility index (Phi) is 2.50. The van der Waals surface area contributed by atoms with Gasteiger partial charge in [-0.1, -0.05) is 42.1 Å². The van der Waals surface area contributed by atoms with Crippen molar-refractivity contribution in [3.63, 3.8) is 0 Å². The van der Waals surface area contributed by atoms with Gasteiger partial charge in [-0.3, -0.25) is 5.41 Å². The van der Waals surface area contributed by atoms with Gasteiger partial charge in [0.1, 0.15) is 0 Å². The molecule has 1 saturated heterocycles. The van der Waals surface area contributed by atoms with Crippen molar-refractivity contribution in [2.75, 3.05) is 7.05 Å². The molecule has 0 radical (unpaired) electrons. The summed E-state index contributed by atoms with van der Waals surface area (Å²) in [6.45, 7) is 2.17. The summed E-state index contributed by atoms with van der Waals surface area (Å²) < 4.78 is 0. The Morgan fingerprint density at radius 3 is 2.43 bits per heavy atom. The number of thioether (sulfide) groups is 1. The fraction of sp³-hybridized carbons (Fsp3) is 0.364. The molecule has 0 amide bonds. The largest absolute Gasteiger partial charge is 0.351 e. The van der Waals surface area contributed by atoms with Gasteiger partial charge in [-0.25, -0.2) is 0 Å². The normalized spacial score (nSPS) is 27.0. The Morgan fingerprint density at radius 1 is 1.29 bits per heavy atom. The van der Waals surface area contributed by atoms with Gasteiger partial charge >= 0.3 is 0 Å². The maximum atomic E-state index is 7.75. The molecule has 2 rings (SSSR count). The summed E-state index contributed by atoms with van der Waals surface area (Å²) in [5.41, 5.74) is 1.32. The molecule has 0 aliphatic carbocycles. The quantitative estimate of drug-likeness (QED) is 0.765. The van der Waals surface area contributed by atoms with Gasteiger partial charge in [0.25, 0.3) is 0 Å². The fourth-order valence-electron chi connectivity index (χ4n) is 1.68. The van der Waals surface area contributed by atoms with Crippen LogP contribution in [0.1, 0.15) is 17.7 Å². The zero-order valence-corrected chi connectivity index (χ0v) is 9.21. The van der Waals surface area contributed by atoms with Gasteiger partial charge < -0.3 is 4.90 Å². The van der Waals surface area contributed by atoms with Crippen LogP contribution < -0.4 is 0 Å². The molecular weight excluding hydrogens is 192 g/mol. The molecule has 1 unspecified atom stereocenters. The highest BCUT2D eigenvalue weighted by Crippen LogP contribution is 2.41. The van der Waals surface area contributed by atoms with Crippen LogP contribution in [0, 0.1) is 5.41 Å². The van der Waals surface area contributed by atoms with Crippen LogP contribution in [-0.2, 0) is 0 Å². The van der Waals surface area contributed by atoms with Crippen molar-refractivity contribution in [1.29, 1.82) is 5.41 Å². The Bertz CT molecular complexity index is 336. The van der Waals surface area contributed by atoms with E-state index in [9.17, 15) is 0 Å². The molecule has 1 heterocycles. The van der Waals surface area contributed by atoms with E-state index >= 15 is 0 Å². The Hall–Kier alpha value is -0.960. The van der Waals surface area contributed by atoms with Crippen molar-refractivity contribution in [3.05, 3.63) is 35.9 Å². The summed E-state index contributed by atoms with van der Waals surface area (Å²) in [4.78, 5) is 2.03. The number of nitrogens with zero attached hydrogens (tertiary/aromatic N) is 1. The van der Waals surface area contributed by atoms with Crippen molar-refractivity contribution in [2.24, 2.45) is 0 Å². The molecule has 0 saturated carbocycles. The van der Waals surface area contributed by atoms with Gasteiger partial charge in [0.2, 0.25) is 0 Å². The molecule has 3 heteroatoms. The van der Waals surface area contributed by atoms with Crippen molar-refractivity contribution in [1.82, 2.24) is 4.90 Å². The van der Waals surface area contributed by atoms with Crippen LogP contribution in [0.15, 0.2) is 30.3 Å². The lowest BCUT2D eigenvalue weighted by molar-refractivity contribution is 0.402. The third-order valence-electron chi connectivity index (χ3n) is 2.74. The van der Waals surface area contributed by atoms with Gasteiger partial charge in [-0.2, -0.15) is 0 Å². The molecular formula is C11H14N2S. The Balaban J connectivity index is 2.26. The van der Waals surface area contributed by atoms with Gasteiger partial charge in [0.05, 0.1) is 5.25 Å². The zero-order valence-electron chi connectivity index (χ0n) is 8.40. The first kappa shape index (κ1) is 9.59. The zero-order chi connectivity index (χ0) is 10.1. The molecule has 2 atom stereocenters. The van der Waals surface area contributed by atoms with Crippen LogP contribution in [0.4, 0.5) is 0 Å². The van der Waals surface area contributed by atoms with Crippen molar-refractivity contribution in [3.8, 4) is 0 Å². The highest BCUT2D eigenvalue weighted by atomic mass is 32.2. The topological polar surface area (TPSA) is 27.1 Å². The number of hydrogen-bond acceptors (Lipinski definition) is 2. The first-order valence-corrected chi connectivity index (χ1v) is 5.61. The number of rotatable bonds is 1. The summed E-state index contributed by atoms with van der Waals surface area (Å²) in [6.07, 6.45) is 0. The lowest BCUT2D eigenvalue weighted by Gasteiger charge is -2.19. The van der Waals surface area contributed by atoms with E-state index in [-0.39, 0.29) is 0 Å². The van der Waals surface area contributed by atoms with E-state index in [1.807, 2.05) is 18.0 Å². The number of benzene rings is 1. The smallest absolute Gasteiger partial charge is 0.157 e. The van der Waals surface area contributed by atoms with E-state index in [2.05, 4.69) is 31.2 Å². The maximum absolute atomic E-state index is 7.75. The van der Waals surface area contributed by atoms with Crippen molar-refractivity contribution >= 4 is 16.9 Å². The van der Waals surface area contributed by atoms with Crippen LogP contribution >= 0.6 is 11.8 Å². The molecule has 14 heavy (non-hydrogen) atoms. The minimum absolute atomic E-state index is 0.411. The molecule has 2 nitrogen and oxygen atoms in total. The molecule has 1 aliphatic rings. The van der Waals surface area contributed by atoms with E-state index in [0.29, 0.717) is 16.5 Å². The second-order valence-corrected chi connectivity index (χ2v) is 4.74. The van der Waals surface area contributed by atoms with Crippen molar-refractivity contribution < 1.29 is 0 Å². The number of hydrogen-bond donors (Lipinski definition) is 1. The molecule has 1 aromatic rings. The summed E-state index contributed by atoms with van der Waals surface area (Å²) >= 11 is 1.64. The first-order valence-electron chi connectivity index (χ1n) is 4.73. The van der Waals surface area contributed by atoms with E-state index < -0.39 is 0 Å². The van der Waals surface area contributed by atoms with Gasteiger partial charge in [0, 0.05) is 13.1 Å². The third kappa shape index (κ3) is 1.52. The van der Waals surface area contributed by atoms with Crippen LogP contribution in [0.3, 0.4) is 0 Å². The van der Waals surface area contributed by atoms with E-state index in [1.54, 1.807) is 11.8 Å². The molecule has 0 aromatic heterocycles. The standard InChI is InChI=1S/C11H14N2S/c1-8-10(14-11(12)13(8)2)9-6-4-3-5-7-9/h3-8,10,12H,1-2H3/t8-,10?/m1/s1. The summed E-state index contributed by atoms with van der Waals surface area (Å²) in [5, 5.41) is 8.84. The summed E-state index contributed by atoms with van der Waals surface area (Å²) in [6, 6.07) is 10.8. The highest BCUT2D eigenvalue weighted by Gasteiger charge is 2.33. The average molecular weight is 206 g/mol. The van der Waals surface area contributed by atoms with Crippen LogP contribution in [0.2, 0.25) is 0 Å². The highest BCUT2D eigenvalue weighted by molar-refractivity contribution is 8.14. The van der Waals surface area contributed by atoms with Crippen LogP contribution in [0.5, 0.6) is 0 Å². The van der Waals surface area contributed by atoms with E-state index in [0.717, 1.165) is 0 Å². The first-order chi connectivity index (χ1) is 6.70. The predicted octanol–water partition coefficient (Wildman–Crippen LogP) is 2.73.